The Morgan fingerprint density at radius 1 is 1.31 bits per heavy atom. The van der Waals surface area contributed by atoms with Gasteiger partial charge in [-0.25, -0.2) is 14.5 Å². The molecule has 212 valence electrons. The van der Waals surface area contributed by atoms with E-state index in [0.29, 0.717) is 22.5 Å². The number of nitrogen functional groups attached to an aromatic ring is 1. The van der Waals surface area contributed by atoms with Crippen LogP contribution in [0.25, 0.3) is 11.2 Å². The van der Waals surface area contributed by atoms with Crippen LogP contribution in [0.3, 0.4) is 0 Å². The van der Waals surface area contributed by atoms with Crippen LogP contribution in [-0.4, -0.2) is 57.1 Å². The van der Waals surface area contributed by atoms with Crippen molar-refractivity contribution in [2.75, 3.05) is 24.7 Å². The highest BCUT2D eigenvalue weighted by molar-refractivity contribution is 7.56. The van der Waals surface area contributed by atoms with Crippen LogP contribution < -0.4 is 16.1 Å². The number of rotatable bonds is 11. The number of alkyl halides is 1. The molecule has 2 aromatic heterocycles. The first-order valence-electron chi connectivity index (χ1n) is 12.7. The molecule has 4 N–H and O–H groups in total. The van der Waals surface area contributed by atoms with Crippen LogP contribution in [0.5, 0.6) is 0 Å². The number of esters is 1. The summed E-state index contributed by atoms with van der Waals surface area (Å²) >= 11 is 0. The van der Waals surface area contributed by atoms with Gasteiger partial charge in [0.25, 0.3) is 7.52 Å². The minimum atomic E-state index is -3.78. The Morgan fingerprint density at radius 3 is 2.69 bits per heavy atom. The molecule has 0 bridgehead atoms. The van der Waals surface area contributed by atoms with E-state index in [4.69, 9.17) is 19.7 Å². The average molecular weight is 564 g/mol. The number of benzene rings is 1. The zero-order valence-corrected chi connectivity index (χ0v) is 23.5. The third-order valence-corrected chi connectivity index (χ3v) is 8.32. The van der Waals surface area contributed by atoms with Gasteiger partial charge in [0.15, 0.2) is 17.0 Å². The summed E-state index contributed by atoms with van der Waals surface area (Å²) in [7, 11) is -2.10. The average Bonchev–Trinajstić information content (AvgIpc) is 3.42. The van der Waals surface area contributed by atoms with Gasteiger partial charge in [-0.15, -0.1) is 0 Å². The third kappa shape index (κ3) is 6.73. The minimum Gasteiger partial charge on any atom is -0.462 e. The molecule has 39 heavy (non-hydrogen) atoms. The number of hydrogen-bond acceptors (Lipinski definition) is 10. The number of hydrogen-bond donors (Lipinski definition) is 3. The molecule has 1 aromatic carbocycles. The molecule has 0 unspecified atom stereocenters. The highest BCUT2D eigenvalue weighted by atomic mass is 31.2. The van der Waals surface area contributed by atoms with Gasteiger partial charge in [-0.05, 0) is 26.3 Å². The fourth-order valence-electron chi connectivity index (χ4n) is 4.52. The first-order chi connectivity index (χ1) is 18.4. The number of fused-ring (bicyclic) bond motifs is 1. The molecule has 0 spiro atoms. The molecule has 3 aromatic rings. The maximum absolute atomic E-state index is 16.1. The Morgan fingerprint density at radius 2 is 2.03 bits per heavy atom. The predicted molar refractivity (Wildman–Crippen MR) is 145 cm³/mol. The Hall–Kier alpha value is -3.12. The normalized spacial score (nSPS) is 23.6. The van der Waals surface area contributed by atoms with E-state index in [9.17, 15) is 9.36 Å². The number of nitrogens with two attached hydrogens (primary N) is 1. The van der Waals surface area contributed by atoms with Gasteiger partial charge >= 0.3 is 5.97 Å². The van der Waals surface area contributed by atoms with Crippen molar-refractivity contribution in [1.82, 2.24) is 24.6 Å². The molecular formula is C25H35FN7O5P. The number of halogens is 1. The lowest BCUT2D eigenvalue weighted by Crippen LogP contribution is -2.37. The second kappa shape index (κ2) is 11.5. The zero-order valence-electron chi connectivity index (χ0n) is 22.6. The summed E-state index contributed by atoms with van der Waals surface area (Å²) in [4.78, 5) is 25.1. The van der Waals surface area contributed by atoms with E-state index in [1.807, 2.05) is 13.0 Å². The Kier molecular flexibility index (Phi) is 8.55. The molecule has 5 atom stereocenters. The SMILES string of the molecule is CNc1nc(N)nc2c1ncn2[C@@H]1O[C@](F)(CO[P@@](=O)(Cc2ccccc2)N[C@H](C)C(=O)OC(C)C)C[C@@H]1C. The minimum absolute atomic E-state index is 0.0344. The molecule has 0 amide bonds. The van der Waals surface area contributed by atoms with Gasteiger partial charge < -0.3 is 25.0 Å². The maximum atomic E-state index is 16.1. The van der Waals surface area contributed by atoms with E-state index in [0.717, 1.165) is 0 Å². The van der Waals surface area contributed by atoms with Crippen LogP contribution in [0.1, 0.15) is 45.9 Å². The molecule has 1 saturated heterocycles. The van der Waals surface area contributed by atoms with Crippen LogP contribution in [0, 0.1) is 5.92 Å². The molecule has 14 heteroatoms. The summed E-state index contributed by atoms with van der Waals surface area (Å²) in [6.45, 7) is 6.17. The number of carbonyl (C=O) groups excluding carboxylic acids is 1. The number of nitrogens with zero attached hydrogens (tertiary/aromatic N) is 4. The molecule has 0 radical (unpaired) electrons. The zero-order chi connectivity index (χ0) is 28.4. The van der Waals surface area contributed by atoms with Gasteiger partial charge in [0.1, 0.15) is 18.9 Å². The topological polar surface area (TPSA) is 156 Å². The van der Waals surface area contributed by atoms with Crippen LogP contribution in [-0.2, 0) is 29.5 Å². The van der Waals surface area contributed by atoms with E-state index < -0.39 is 38.2 Å². The molecule has 1 aliphatic heterocycles. The van der Waals surface area contributed by atoms with Gasteiger partial charge in [0.2, 0.25) is 11.8 Å². The number of carbonyl (C=O) groups is 1. The van der Waals surface area contributed by atoms with Crippen molar-refractivity contribution in [3.63, 3.8) is 0 Å². The molecule has 4 rings (SSSR count). The molecule has 0 saturated carbocycles. The fraction of sp³-hybridized carbons (Fsp3) is 0.520. The van der Waals surface area contributed by atoms with Gasteiger partial charge in [0.05, 0.1) is 18.6 Å². The number of nitrogens with one attached hydrogen (secondary N) is 2. The Bertz CT molecular complexity index is 1360. The number of ether oxygens (including phenoxy) is 2. The molecule has 0 aliphatic carbocycles. The summed E-state index contributed by atoms with van der Waals surface area (Å²) in [6.07, 6.45) is 0.283. The second-order valence-electron chi connectivity index (χ2n) is 10.0. The largest absolute Gasteiger partial charge is 0.462 e. The van der Waals surface area contributed by atoms with Crippen molar-refractivity contribution in [3.8, 4) is 0 Å². The summed E-state index contributed by atoms with van der Waals surface area (Å²) in [5.74, 6) is -2.69. The lowest BCUT2D eigenvalue weighted by molar-refractivity contribution is -0.172. The highest BCUT2D eigenvalue weighted by Crippen LogP contribution is 2.50. The van der Waals surface area contributed by atoms with Gasteiger partial charge in [-0.1, -0.05) is 37.3 Å². The van der Waals surface area contributed by atoms with Crippen molar-refractivity contribution in [1.29, 1.82) is 0 Å². The van der Waals surface area contributed by atoms with Crippen LogP contribution in [0.2, 0.25) is 0 Å². The van der Waals surface area contributed by atoms with E-state index in [1.165, 1.54) is 13.3 Å². The first-order valence-corrected chi connectivity index (χ1v) is 14.5. The van der Waals surface area contributed by atoms with E-state index >= 15 is 4.39 Å². The Balaban J connectivity index is 1.53. The summed E-state index contributed by atoms with van der Waals surface area (Å²) in [5, 5.41) is 5.68. The molecule has 12 nitrogen and oxygen atoms in total. The molecule has 1 aliphatic rings. The van der Waals surface area contributed by atoms with Crippen molar-refractivity contribution in [2.24, 2.45) is 5.92 Å². The van der Waals surface area contributed by atoms with Crippen LogP contribution >= 0.6 is 7.52 Å². The lowest BCUT2D eigenvalue weighted by Gasteiger charge is -2.27. The monoisotopic (exact) mass is 563 g/mol. The Labute approximate surface area is 226 Å². The third-order valence-electron chi connectivity index (χ3n) is 6.21. The van der Waals surface area contributed by atoms with E-state index in [2.05, 4.69) is 25.4 Å². The van der Waals surface area contributed by atoms with Crippen LogP contribution in [0.15, 0.2) is 36.7 Å². The highest BCUT2D eigenvalue weighted by Gasteiger charge is 2.48. The number of imidazole rings is 1. The number of aromatic nitrogens is 4. The van der Waals surface area contributed by atoms with Gasteiger partial charge in [0, 0.05) is 19.4 Å². The first kappa shape index (κ1) is 28.9. The van der Waals surface area contributed by atoms with Crippen molar-refractivity contribution >= 4 is 36.4 Å². The molecule has 3 heterocycles. The summed E-state index contributed by atoms with van der Waals surface area (Å²) in [5.41, 5.74) is 7.41. The molecular weight excluding hydrogens is 528 g/mol. The number of anilines is 2. The summed E-state index contributed by atoms with van der Waals surface area (Å²) < 4.78 is 48.5. The van der Waals surface area contributed by atoms with Gasteiger partial charge in [-0.3, -0.25) is 13.9 Å². The summed E-state index contributed by atoms with van der Waals surface area (Å²) in [6, 6.07) is 8.03. The van der Waals surface area contributed by atoms with E-state index in [1.54, 1.807) is 49.7 Å². The second-order valence-corrected chi connectivity index (χ2v) is 12.2. The van der Waals surface area contributed by atoms with E-state index in [-0.39, 0.29) is 30.6 Å². The van der Waals surface area contributed by atoms with Crippen molar-refractivity contribution in [2.45, 2.75) is 64.5 Å². The quantitative estimate of drug-likeness (QED) is 0.229. The predicted octanol–water partition coefficient (Wildman–Crippen LogP) is 4.01. The van der Waals surface area contributed by atoms with Crippen LogP contribution in [0.4, 0.5) is 16.2 Å². The van der Waals surface area contributed by atoms with Crippen molar-refractivity contribution in [3.05, 3.63) is 42.2 Å². The smallest absolute Gasteiger partial charge is 0.323 e. The standard InChI is InChI=1S/C25H35FN7O5P/c1-15(2)37-23(34)17(4)32-39(35,12-18-9-7-6-8-10-18)36-13-25(26)11-16(3)22(38-25)33-14-29-19-20(28-5)30-24(27)31-21(19)33/h6-10,14-17,22H,11-13H2,1-5H3,(H,32,35)(H3,27,28,30,31)/t16-,17+,22+,25-,39-/m0/s1. The lowest BCUT2D eigenvalue weighted by atomic mass is 10.1. The molecule has 1 fully saturated rings. The van der Waals surface area contributed by atoms with Gasteiger partial charge in [-0.2, -0.15) is 9.97 Å². The van der Waals surface area contributed by atoms with Crippen molar-refractivity contribution < 1.29 is 27.7 Å². The fourth-order valence-corrected chi connectivity index (χ4v) is 6.56. The maximum Gasteiger partial charge on any atom is 0.323 e.